The number of benzene rings is 1. The van der Waals surface area contributed by atoms with Gasteiger partial charge in [0, 0.05) is 12.5 Å². The fourth-order valence-electron chi connectivity index (χ4n) is 1.22. The fraction of sp³-hybridized carbons (Fsp3) is 0.462. The molecular formula is C13H17Cl2NO. The van der Waals surface area contributed by atoms with E-state index in [-0.39, 0.29) is 12.5 Å². The second-order valence-corrected chi connectivity index (χ2v) is 4.36. The van der Waals surface area contributed by atoms with Crippen LogP contribution in [0.15, 0.2) is 24.3 Å². The van der Waals surface area contributed by atoms with Crippen molar-refractivity contribution in [2.24, 2.45) is 5.92 Å². The molecule has 0 aromatic heterocycles. The first-order chi connectivity index (χ1) is 8.15. The Morgan fingerprint density at radius 1 is 1.24 bits per heavy atom. The lowest BCUT2D eigenvalue weighted by Crippen LogP contribution is -1.98. The molecule has 0 saturated carbocycles. The zero-order chi connectivity index (χ0) is 13.1. The molecule has 0 spiro atoms. The summed E-state index contributed by atoms with van der Waals surface area (Å²) in [6, 6.07) is 9.33. The highest BCUT2D eigenvalue weighted by atomic mass is 35.5. The van der Waals surface area contributed by atoms with Gasteiger partial charge in [0.25, 0.3) is 0 Å². The highest BCUT2D eigenvalue weighted by molar-refractivity contribution is 6.41. The maximum atomic E-state index is 8.44. The topological polar surface area (TPSA) is 44.0 Å². The maximum Gasteiger partial charge on any atom is 0.0656 e. The SMILES string of the molecule is CCCC(C#N)CCO.Clc1ccccc1Cl. The molecule has 0 radical (unpaired) electrons. The average Bonchev–Trinajstić information content (AvgIpc) is 2.33. The van der Waals surface area contributed by atoms with Gasteiger partial charge >= 0.3 is 0 Å². The molecule has 1 aromatic rings. The smallest absolute Gasteiger partial charge is 0.0656 e. The maximum absolute atomic E-state index is 8.44. The van der Waals surface area contributed by atoms with E-state index < -0.39 is 0 Å². The highest BCUT2D eigenvalue weighted by Crippen LogP contribution is 2.19. The third-order valence-electron chi connectivity index (χ3n) is 2.12. The Kier molecular flexibility index (Phi) is 9.95. The number of aliphatic hydroxyl groups is 1. The monoisotopic (exact) mass is 273 g/mol. The predicted octanol–water partition coefficient (Wildman–Crippen LogP) is 4.30. The van der Waals surface area contributed by atoms with Crippen molar-refractivity contribution in [1.82, 2.24) is 0 Å². The minimum absolute atomic E-state index is 0.0694. The summed E-state index contributed by atoms with van der Waals surface area (Å²) >= 11 is 11.2. The first kappa shape index (κ1) is 16.2. The number of nitriles is 1. The number of aliphatic hydroxyl groups excluding tert-OH is 1. The Morgan fingerprint density at radius 2 is 1.76 bits per heavy atom. The molecule has 4 heteroatoms. The van der Waals surface area contributed by atoms with Gasteiger partial charge in [-0.2, -0.15) is 5.26 Å². The number of halogens is 2. The van der Waals surface area contributed by atoms with Gasteiger partial charge in [0.15, 0.2) is 0 Å². The molecule has 1 aromatic carbocycles. The molecule has 1 rings (SSSR count). The summed E-state index contributed by atoms with van der Waals surface area (Å²) in [4.78, 5) is 0. The molecule has 1 unspecified atom stereocenters. The molecule has 0 amide bonds. The van der Waals surface area contributed by atoms with Crippen LogP contribution in [0.5, 0.6) is 0 Å². The third kappa shape index (κ3) is 8.04. The summed E-state index contributed by atoms with van der Waals surface area (Å²) in [5, 5.41) is 18.1. The first-order valence-corrected chi connectivity index (χ1v) is 6.31. The Morgan fingerprint density at radius 3 is 2.06 bits per heavy atom. The zero-order valence-corrected chi connectivity index (χ0v) is 11.4. The summed E-state index contributed by atoms with van der Waals surface area (Å²) in [5.41, 5.74) is 0. The van der Waals surface area contributed by atoms with Crippen LogP contribution in [0.2, 0.25) is 10.0 Å². The molecule has 1 atom stereocenters. The van der Waals surface area contributed by atoms with E-state index in [4.69, 9.17) is 33.6 Å². The van der Waals surface area contributed by atoms with E-state index in [1.807, 2.05) is 19.1 Å². The number of nitrogens with zero attached hydrogens (tertiary/aromatic N) is 1. The van der Waals surface area contributed by atoms with Gasteiger partial charge in [0.2, 0.25) is 0 Å². The second-order valence-electron chi connectivity index (χ2n) is 3.54. The Hall–Kier alpha value is -0.750. The highest BCUT2D eigenvalue weighted by Gasteiger charge is 2.02. The average molecular weight is 274 g/mol. The van der Waals surface area contributed by atoms with Crippen molar-refractivity contribution in [3.8, 4) is 6.07 Å². The predicted molar refractivity (Wildman–Crippen MR) is 72.2 cm³/mol. The van der Waals surface area contributed by atoms with Crippen molar-refractivity contribution in [3.63, 3.8) is 0 Å². The number of hydrogen-bond acceptors (Lipinski definition) is 2. The molecule has 0 aliphatic heterocycles. The van der Waals surface area contributed by atoms with Crippen LogP contribution in [-0.2, 0) is 0 Å². The lowest BCUT2D eigenvalue weighted by atomic mass is 10.0. The number of hydrogen-bond donors (Lipinski definition) is 1. The standard InChI is InChI=1S/C7H13NO.C6H4Cl2/c1-2-3-7(6-8)4-5-9;7-5-3-1-2-4-6(5)8/h7,9H,2-5H2,1H3;1-4H. The molecule has 0 bridgehead atoms. The molecule has 17 heavy (non-hydrogen) atoms. The number of rotatable bonds is 4. The van der Waals surface area contributed by atoms with Crippen molar-refractivity contribution >= 4 is 23.2 Å². The Labute approximate surface area is 113 Å². The van der Waals surface area contributed by atoms with E-state index in [1.165, 1.54) is 0 Å². The van der Waals surface area contributed by atoms with E-state index in [2.05, 4.69) is 6.07 Å². The largest absolute Gasteiger partial charge is 0.396 e. The van der Waals surface area contributed by atoms with Crippen molar-refractivity contribution < 1.29 is 5.11 Å². The first-order valence-electron chi connectivity index (χ1n) is 5.56. The molecule has 0 saturated heterocycles. The molecule has 0 fully saturated rings. The van der Waals surface area contributed by atoms with Crippen molar-refractivity contribution in [3.05, 3.63) is 34.3 Å². The van der Waals surface area contributed by atoms with Crippen LogP contribution in [0, 0.1) is 17.2 Å². The van der Waals surface area contributed by atoms with Crippen molar-refractivity contribution in [1.29, 1.82) is 5.26 Å². The lowest BCUT2D eigenvalue weighted by molar-refractivity contribution is 0.268. The van der Waals surface area contributed by atoms with Gasteiger partial charge in [-0.1, -0.05) is 48.7 Å². The minimum Gasteiger partial charge on any atom is -0.396 e. The summed E-state index contributed by atoms with van der Waals surface area (Å²) < 4.78 is 0. The van der Waals surface area contributed by atoms with Gasteiger partial charge in [-0.15, -0.1) is 0 Å². The fourth-order valence-corrected chi connectivity index (χ4v) is 1.49. The van der Waals surface area contributed by atoms with E-state index >= 15 is 0 Å². The van der Waals surface area contributed by atoms with Crippen LogP contribution < -0.4 is 0 Å². The third-order valence-corrected chi connectivity index (χ3v) is 2.88. The van der Waals surface area contributed by atoms with E-state index in [0.29, 0.717) is 16.5 Å². The van der Waals surface area contributed by atoms with Crippen LogP contribution >= 0.6 is 23.2 Å². The molecule has 1 N–H and O–H groups in total. The lowest BCUT2D eigenvalue weighted by Gasteiger charge is -2.02. The van der Waals surface area contributed by atoms with E-state index in [0.717, 1.165) is 12.8 Å². The molecule has 0 heterocycles. The van der Waals surface area contributed by atoms with Gasteiger partial charge in [0.05, 0.1) is 16.1 Å². The quantitative estimate of drug-likeness (QED) is 0.889. The summed E-state index contributed by atoms with van der Waals surface area (Å²) in [7, 11) is 0. The van der Waals surface area contributed by atoms with Crippen molar-refractivity contribution in [2.45, 2.75) is 26.2 Å². The van der Waals surface area contributed by atoms with Crippen LogP contribution in [0.25, 0.3) is 0 Å². The van der Waals surface area contributed by atoms with Gasteiger partial charge in [-0.3, -0.25) is 0 Å². The molecular weight excluding hydrogens is 257 g/mol. The van der Waals surface area contributed by atoms with Crippen molar-refractivity contribution in [2.75, 3.05) is 6.61 Å². The van der Waals surface area contributed by atoms with Gasteiger partial charge in [0.1, 0.15) is 0 Å². The molecule has 2 nitrogen and oxygen atoms in total. The minimum atomic E-state index is 0.0694. The molecule has 0 aliphatic rings. The van der Waals surface area contributed by atoms with Gasteiger partial charge in [-0.05, 0) is 25.0 Å². The van der Waals surface area contributed by atoms with Crippen LogP contribution in [0.3, 0.4) is 0 Å². The van der Waals surface area contributed by atoms with Gasteiger partial charge in [-0.25, -0.2) is 0 Å². The second kappa shape index (κ2) is 10.4. The Balaban J connectivity index is 0.000000302. The van der Waals surface area contributed by atoms with Crippen LogP contribution in [-0.4, -0.2) is 11.7 Å². The zero-order valence-electron chi connectivity index (χ0n) is 9.87. The molecule has 0 aliphatic carbocycles. The van der Waals surface area contributed by atoms with E-state index in [9.17, 15) is 0 Å². The normalized spacial score (nSPS) is 11.0. The van der Waals surface area contributed by atoms with Crippen LogP contribution in [0.1, 0.15) is 26.2 Å². The summed E-state index contributed by atoms with van der Waals surface area (Å²) in [5.74, 6) is 0.0694. The van der Waals surface area contributed by atoms with Crippen LogP contribution in [0.4, 0.5) is 0 Å². The van der Waals surface area contributed by atoms with Gasteiger partial charge < -0.3 is 5.11 Å². The summed E-state index contributed by atoms with van der Waals surface area (Å²) in [6.07, 6.45) is 2.57. The van der Waals surface area contributed by atoms with E-state index in [1.54, 1.807) is 12.1 Å². The molecule has 94 valence electrons. The summed E-state index contributed by atoms with van der Waals surface area (Å²) in [6.45, 7) is 2.18. The Bertz CT molecular complexity index is 323.